The van der Waals surface area contributed by atoms with Crippen molar-refractivity contribution in [2.75, 3.05) is 53.8 Å². The molecule has 0 aromatic rings. The third-order valence-electron chi connectivity index (χ3n) is 1.50. The van der Waals surface area contributed by atoms with E-state index in [0.29, 0.717) is 6.61 Å². The number of hydrogen-bond donors (Lipinski definition) is 1. The summed E-state index contributed by atoms with van der Waals surface area (Å²) in [6.07, 6.45) is 1.97. The van der Waals surface area contributed by atoms with Gasteiger partial charge in [0.05, 0.1) is 0 Å². The molecule has 0 amide bonds. The molecule has 140 valence electrons. The van der Waals surface area contributed by atoms with Crippen molar-refractivity contribution in [3.8, 4) is 0 Å². The van der Waals surface area contributed by atoms with E-state index in [2.05, 4.69) is 31.2 Å². The predicted octanol–water partition coefficient (Wildman–Crippen LogP) is 4.14. The van der Waals surface area contributed by atoms with Crippen LogP contribution < -0.4 is 0 Å². The SMILES string of the molecule is CN(C)CCCCl.CN(C)CCCO.ClC(Cl)Cl.O=S(Cl)Cl. The first-order valence-corrected chi connectivity index (χ1v) is 10.8. The maximum Gasteiger partial charge on any atom is 0.211 e. The van der Waals surface area contributed by atoms with Crippen molar-refractivity contribution in [1.82, 2.24) is 9.80 Å². The van der Waals surface area contributed by atoms with Gasteiger partial charge in [-0.25, -0.2) is 4.21 Å². The molecule has 0 aliphatic carbocycles. The molecule has 11 heteroatoms. The fraction of sp³-hybridized carbons (Fsp3) is 1.00. The smallest absolute Gasteiger partial charge is 0.211 e. The number of aliphatic hydroxyl groups excluding tert-OH is 1. The summed E-state index contributed by atoms with van der Waals surface area (Å²) in [5.74, 6) is 0.776. The van der Waals surface area contributed by atoms with Crippen LogP contribution in [0.2, 0.25) is 0 Å². The molecular formula is C11H26Cl6N2O2S. The molecule has 0 saturated carbocycles. The Balaban J connectivity index is -0.000000102. The Morgan fingerprint density at radius 1 is 0.955 bits per heavy atom. The molecule has 0 aromatic heterocycles. The van der Waals surface area contributed by atoms with Crippen LogP contribution in [0.3, 0.4) is 0 Å². The minimum atomic E-state index is -1.67. The van der Waals surface area contributed by atoms with E-state index in [0.717, 1.165) is 31.8 Å². The highest BCUT2D eigenvalue weighted by atomic mass is 36.0. The van der Waals surface area contributed by atoms with Gasteiger partial charge >= 0.3 is 0 Å². The Bertz CT molecular complexity index is 196. The molecule has 0 heterocycles. The number of rotatable bonds is 6. The lowest BCUT2D eigenvalue weighted by molar-refractivity contribution is 0.263. The molecule has 0 radical (unpaired) electrons. The molecule has 0 rings (SSSR count). The molecule has 22 heavy (non-hydrogen) atoms. The quantitative estimate of drug-likeness (QED) is 0.476. The monoisotopic (exact) mass is 460 g/mol. The van der Waals surface area contributed by atoms with Crippen LogP contribution in [0.4, 0.5) is 0 Å². The molecule has 0 aliphatic rings. The van der Waals surface area contributed by atoms with Crippen molar-refractivity contribution < 1.29 is 9.32 Å². The van der Waals surface area contributed by atoms with E-state index in [1.54, 1.807) is 0 Å². The van der Waals surface area contributed by atoms with Crippen molar-refractivity contribution in [3.05, 3.63) is 0 Å². The number of nitrogens with zero attached hydrogens (tertiary/aromatic N) is 2. The zero-order chi connectivity index (χ0) is 18.6. The maximum atomic E-state index is 9.09. The van der Waals surface area contributed by atoms with Crippen LogP contribution in [-0.2, 0) is 9.23 Å². The van der Waals surface area contributed by atoms with Gasteiger partial charge in [0.15, 0.2) is 4.30 Å². The van der Waals surface area contributed by atoms with Gasteiger partial charge < -0.3 is 14.9 Å². The second-order valence-electron chi connectivity index (χ2n) is 4.16. The number of alkyl halides is 4. The highest BCUT2D eigenvalue weighted by Crippen LogP contribution is 2.03. The third-order valence-corrected chi connectivity index (χ3v) is 1.77. The molecular weight excluding hydrogens is 437 g/mol. The second-order valence-corrected chi connectivity index (χ2v) is 9.04. The zero-order valence-electron chi connectivity index (χ0n) is 13.2. The lowest BCUT2D eigenvalue weighted by atomic mass is 10.4. The van der Waals surface area contributed by atoms with Gasteiger partial charge in [0, 0.05) is 33.9 Å². The summed E-state index contributed by atoms with van der Waals surface area (Å²) < 4.78 is 8.34. The van der Waals surface area contributed by atoms with Crippen molar-refractivity contribution in [3.63, 3.8) is 0 Å². The Morgan fingerprint density at radius 3 is 1.32 bits per heavy atom. The Morgan fingerprint density at radius 2 is 1.23 bits per heavy atom. The summed E-state index contributed by atoms with van der Waals surface area (Å²) in [6, 6.07) is 0. The van der Waals surface area contributed by atoms with Gasteiger partial charge in [0.25, 0.3) is 0 Å². The summed E-state index contributed by atoms with van der Waals surface area (Å²) in [7, 11) is 15.4. The summed E-state index contributed by atoms with van der Waals surface area (Å²) in [5.41, 5.74) is 0. The fourth-order valence-electron chi connectivity index (χ4n) is 0.763. The molecule has 1 N–H and O–H groups in total. The van der Waals surface area contributed by atoms with E-state index in [1.165, 1.54) is 0 Å². The highest BCUT2D eigenvalue weighted by Gasteiger charge is 1.85. The van der Waals surface area contributed by atoms with Crippen LogP contribution in [0.15, 0.2) is 0 Å². The average molecular weight is 463 g/mol. The van der Waals surface area contributed by atoms with Gasteiger partial charge in [-0.2, -0.15) is 0 Å². The lowest BCUT2D eigenvalue weighted by Crippen LogP contribution is -2.13. The van der Waals surface area contributed by atoms with Crippen LogP contribution in [0.5, 0.6) is 0 Å². The number of halogens is 6. The van der Waals surface area contributed by atoms with Crippen LogP contribution in [0.1, 0.15) is 12.8 Å². The van der Waals surface area contributed by atoms with Crippen molar-refractivity contribution in [2.24, 2.45) is 0 Å². The molecule has 0 unspecified atom stereocenters. The fourth-order valence-corrected chi connectivity index (χ4v) is 0.882. The number of aliphatic hydroxyl groups is 1. The molecule has 0 aromatic carbocycles. The van der Waals surface area contributed by atoms with Gasteiger partial charge in [-0.15, -0.1) is 11.6 Å². The lowest BCUT2D eigenvalue weighted by Gasteiger charge is -2.05. The summed E-state index contributed by atoms with van der Waals surface area (Å²) in [5, 5.41) is 8.29. The topological polar surface area (TPSA) is 43.8 Å². The van der Waals surface area contributed by atoms with E-state index in [9.17, 15) is 0 Å². The van der Waals surface area contributed by atoms with E-state index < -0.39 is 13.5 Å². The molecule has 0 atom stereocenters. The molecule has 0 bridgehead atoms. The number of hydrogen-bond acceptors (Lipinski definition) is 4. The molecule has 4 nitrogen and oxygen atoms in total. The standard InChI is InChI=1S/C5H12ClN.C5H13NO.CHCl3.Cl2OS/c1-7(2)5-3-4-6;1-6(2)4-3-5-7;2-1(3)4;1-4(2)3/h3-5H2,1-2H3;7H,3-5H2,1-2H3;1H;. The zero-order valence-corrected chi connectivity index (χ0v) is 18.6. The van der Waals surface area contributed by atoms with Crippen molar-refractivity contribution in [1.29, 1.82) is 0 Å². The normalized spacial score (nSPS) is 9.77. The van der Waals surface area contributed by atoms with Gasteiger partial charge in [0.1, 0.15) is 0 Å². The van der Waals surface area contributed by atoms with Crippen LogP contribution in [-0.4, -0.2) is 77.2 Å². The predicted molar refractivity (Wildman–Crippen MR) is 105 cm³/mol. The summed E-state index contributed by atoms with van der Waals surface area (Å²) in [6.45, 7) is 2.39. The van der Waals surface area contributed by atoms with E-state index in [-0.39, 0.29) is 0 Å². The van der Waals surface area contributed by atoms with Crippen LogP contribution in [0, 0.1) is 0 Å². The first-order chi connectivity index (χ1) is 10.0. The Labute approximate surface area is 166 Å². The van der Waals surface area contributed by atoms with E-state index in [1.807, 2.05) is 28.2 Å². The van der Waals surface area contributed by atoms with Crippen LogP contribution >= 0.6 is 67.8 Å². The molecule has 0 saturated heterocycles. The first-order valence-electron chi connectivity index (χ1n) is 6.13. The van der Waals surface area contributed by atoms with Crippen molar-refractivity contribution >= 4 is 77.0 Å². The largest absolute Gasteiger partial charge is 0.396 e. The van der Waals surface area contributed by atoms with E-state index in [4.69, 9.17) is 55.7 Å². The molecule has 0 spiro atoms. The van der Waals surface area contributed by atoms with Gasteiger partial charge in [-0.1, -0.05) is 34.8 Å². The van der Waals surface area contributed by atoms with Gasteiger partial charge in [-0.05, 0) is 54.1 Å². The van der Waals surface area contributed by atoms with Crippen molar-refractivity contribution in [2.45, 2.75) is 17.1 Å². The van der Waals surface area contributed by atoms with Crippen LogP contribution in [0.25, 0.3) is 0 Å². The highest BCUT2D eigenvalue weighted by molar-refractivity contribution is 8.26. The molecule has 0 fully saturated rings. The first kappa shape index (κ1) is 31.5. The minimum absolute atomic E-state index is 0.304. The summed E-state index contributed by atoms with van der Waals surface area (Å²) >= 11 is 19.8. The minimum Gasteiger partial charge on any atom is -0.396 e. The van der Waals surface area contributed by atoms with Gasteiger partial charge in [0.2, 0.25) is 9.23 Å². The maximum absolute atomic E-state index is 9.09. The average Bonchev–Trinajstić information content (AvgIpc) is 2.33. The summed E-state index contributed by atoms with van der Waals surface area (Å²) in [4.78, 5) is 4.18. The Hall–Kier alpha value is 1.77. The third kappa shape index (κ3) is 98.4. The molecule has 0 aliphatic heterocycles. The van der Waals surface area contributed by atoms with Gasteiger partial charge in [-0.3, -0.25) is 0 Å². The Kier molecular flexibility index (Phi) is 39.6. The van der Waals surface area contributed by atoms with E-state index >= 15 is 0 Å². The second kappa shape index (κ2) is 27.6.